The van der Waals surface area contributed by atoms with Crippen LogP contribution in [-0.2, 0) is 12.8 Å². The highest BCUT2D eigenvalue weighted by Crippen LogP contribution is 2.45. The first-order chi connectivity index (χ1) is 14.8. The number of fused-ring (bicyclic) bond motifs is 2. The second kappa shape index (κ2) is 8.17. The van der Waals surface area contributed by atoms with E-state index in [1.165, 1.54) is 0 Å². The van der Waals surface area contributed by atoms with Crippen LogP contribution in [0.1, 0.15) is 11.1 Å². The fraction of sp³-hybridized carbons (Fsp3) is 0.333. The highest BCUT2D eigenvalue weighted by Gasteiger charge is 2.21. The van der Waals surface area contributed by atoms with Crippen molar-refractivity contribution in [1.82, 2.24) is 19.8 Å². The number of phenols is 2. The number of benzene rings is 2. The molecule has 0 unspecified atom stereocenters. The van der Waals surface area contributed by atoms with Crippen LogP contribution in [0.25, 0.3) is 32.9 Å². The Hall–Kier alpha value is -3.16. The Labute approximate surface area is 181 Å². The van der Waals surface area contributed by atoms with Gasteiger partial charge in [0.05, 0.1) is 5.52 Å². The second-order valence-corrected chi connectivity index (χ2v) is 8.64. The number of hydrogen-bond acceptors (Lipinski definition) is 5. The van der Waals surface area contributed by atoms with Crippen LogP contribution >= 0.6 is 0 Å². The zero-order chi connectivity index (χ0) is 22.3. The third kappa shape index (κ3) is 3.82. The fourth-order valence-corrected chi connectivity index (χ4v) is 4.15. The monoisotopic (exact) mass is 422 g/mol. The van der Waals surface area contributed by atoms with E-state index in [-0.39, 0.29) is 17.4 Å². The molecule has 0 fully saturated rings. The summed E-state index contributed by atoms with van der Waals surface area (Å²) in [7, 11) is 7.98. The van der Waals surface area contributed by atoms with Crippen LogP contribution in [0, 0.1) is 0 Å². The van der Waals surface area contributed by atoms with Crippen LogP contribution < -0.4 is 0 Å². The molecule has 0 saturated heterocycles. The predicted octanol–water partition coefficient (Wildman–Crippen LogP) is 3.64. The molecule has 5 N–H and O–H groups in total. The summed E-state index contributed by atoms with van der Waals surface area (Å²) < 4.78 is 0. The van der Waals surface area contributed by atoms with Gasteiger partial charge in [0.15, 0.2) is 5.88 Å². The average molecular weight is 423 g/mol. The van der Waals surface area contributed by atoms with Gasteiger partial charge in [-0.3, -0.25) is 0 Å². The van der Waals surface area contributed by atoms with Crippen molar-refractivity contribution >= 4 is 21.8 Å². The molecule has 0 radical (unpaired) electrons. The maximum absolute atomic E-state index is 11.2. The summed E-state index contributed by atoms with van der Waals surface area (Å²) in [6, 6.07) is 7.35. The molecular formula is C24H30N4O3. The van der Waals surface area contributed by atoms with E-state index < -0.39 is 0 Å². The quantitative estimate of drug-likeness (QED) is 0.313. The summed E-state index contributed by atoms with van der Waals surface area (Å²) in [5.74, 6) is 0.278. The van der Waals surface area contributed by atoms with Crippen LogP contribution in [0.2, 0.25) is 0 Å². The normalized spacial score (nSPS) is 12.1. The topological polar surface area (TPSA) is 98.8 Å². The van der Waals surface area contributed by atoms with Gasteiger partial charge >= 0.3 is 0 Å². The van der Waals surface area contributed by atoms with Gasteiger partial charge in [-0.25, -0.2) is 0 Å². The van der Waals surface area contributed by atoms with Crippen molar-refractivity contribution in [2.24, 2.45) is 0 Å². The molecule has 0 atom stereocenters. The number of aromatic hydroxyl groups is 3. The van der Waals surface area contributed by atoms with E-state index in [0.29, 0.717) is 34.0 Å². The van der Waals surface area contributed by atoms with E-state index in [0.717, 1.165) is 36.0 Å². The molecule has 7 nitrogen and oxygen atoms in total. The summed E-state index contributed by atoms with van der Waals surface area (Å²) in [6.07, 6.45) is 3.33. The van der Waals surface area contributed by atoms with Gasteiger partial charge < -0.3 is 35.1 Å². The molecule has 7 heteroatoms. The molecule has 0 aliphatic carbocycles. The molecular weight excluding hydrogens is 392 g/mol. The lowest BCUT2D eigenvalue weighted by molar-refractivity contribution is 0.404. The van der Waals surface area contributed by atoms with Crippen LogP contribution in [0.3, 0.4) is 0 Å². The van der Waals surface area contributed by atoms with Crippen molar-refractivity contribution in [3.8, 4) is 28.5 Å². The molecule has 0 saturated carbocycles. The summed E-state index contributed by atoms with van der Waals surface area (Å²) >= 11 is 0. The number of aromatic nitrogens is 2. The van der Waals surface area contributed by atoms with Crippen molar-refractivity contribution in [3.05, 3.63) is 41.6 Å². The number of likely N-dealkylation sites (N-methyl/N-ethyl adjacent to an activating group) is 2. The average Bonchev–Trinajstić information content (AvgIpc) is 3.27. The highest BCUT2D eigenvalue weighted by atomic mass is 16.3. The lowest BCUT2D eigenvalue weighted by atomic mass is 9.96. The maximum atomic E-state index is 11.2. The molecule has 31 heavy (non-hydrogen) atoms. The molecule has 2 heterocycles. The molecule has 0 aliphatic heterocycles. The maximum Gasteiger partial charge on any atom is 0.192 e. The minimum atomic E-state index is 0.0582. The van der Waals surface area contributed by atoms with Crippen molar-refractivity contribution in [1.29, 1.82) is 0 Å². The largest absolute Gasteiger partial charge is 0.507 e. The van der Waals surface area contributed by atoms with Crippen molar-refractivity contribution in [2.75, 3.05) is 41.3 Å². The van der Waals surface area contributed by atoms with Crippen molar-refractivity contribution in [2.45, 2.75) is 12.8 Å². The van der Waals surface area contributed by atoms with Gasteiger partial charge in [0, 0.05) is 52.3 Å². The van der Waals surface area contributed by atoms with E-state index in [4.69, 9.17) is 0 Å². The predicted molar refractivity (Wildman–Crippen MR) is 125 cm³/mol. The Morgan fingerprint density at radius 1 is 0.742 bits per heavy atom. The van der Waals surface area contributed by atoms with Gasteiger partial charge in [0.25, 0.3) is 0 Å². The lowest BCUT2D eigenvalue weighted by Crippen LogP contribution is -2.14. The number of nitrogens with zero attached hydrogens (tertiary/aromatic N) is 2. The Morgan fingerprint density at radius 3 is 1.97 bits per heavy atom. The summed E-state index contributed by atoms with van der Waals surface area (Å²) in [4.78, 5) is 10.3. The van der Waals surface area contributed by atoms with Gasteiger partial charge in [-0.1, -0.05) is 0 Å². The highest BCUT2D eigenvalue weighted by molar-refractivity contribution is 6.01. The number of hydrogen-bond donors (Lipinski definition) is 5. The lowest BCUT2D eigenvalue weighted by Gasteiger charge is -2.13. The number of aromatic amines is 2. The second-order valence-electron chi connectivity index (χ2n) is 8.64. The summed E-state index contributed by atoms with van der Waals surface area (Å²) in [5, 5.41) is 34.1. The van der Waals surface area contributed by atoms with E-state index in [2.05, 4.69) is 14.9 Å². The van der Waals surface area contributed by atoms with Crippen LogP contribution in [0.5, 0.6) is 17.4 Å². The third-order valence-corrected chi connectivity index (χ3v) is 5.85. The summed E-state index contributed by atoms with van der Waals surface area (Å²) in [5.41, 5.74) is 4.35. The molecule has 164 valence electrons. The molecule has 4 rings (SSSR count). The molecule has 2 aromatic heterocycles. The SMILES string of the molecule is CN(C)CCc1c[nH]c2ccc(-c3ccc4[nH]c(O)c(CCN(C)C)c4c3O)c(O)c12. The third-order valence-electron chi connectivity index (χ3n) is 5.85. The number of nitrogens with one attached hydrogen (secondary N) is 2. The Balaban J connectivity index is 1.84. The smallest absolute Gasteiger partial charge is 0.192 e. The Bertz CT molecular complexity index is 1240. The van der Waals surface area contributed by atoms with E-state index in [9.17, 15) is 15.3 Å². The molecule has 0 bridgehead atoms. The van der Waals surface area contributed by atoms with E-state index in [1.807, 2.05) is 57.5 Å². The van der Waals surface area contributed by atoms with E-state index in [1.54, 1.807) is 6.07 Å². The summed E-state index contributed by atoms with van der Waals surface area (Å²) in [6.45, 7) is 1.60. The van der Waals surface area contributed by atoms with Crippen LogP contribution in [0.4, 0.5) is 0 Å². The minimum Gasteiger partial charge on any atom is -0.507 e. The molecule has 0 aliphatic rings. The van der Waals surface area contributed by atoms with Gasteiger partial charge in [0.2, 0.25) is 0 Å². The molecule has 0 amide bonds. The number of phenolic OH excluding ortho intramolecular Hbond substituents is 2. The molecule has 0 spiro atoms. The molecule has 2 aromatic carbocycles. The van der Waals surface area contributed by atoms with Crippen molar-refractivity contribution in [3.63, 3.8) is 0 Å². The zero-order valence-electron chi connectivity index (χ0n) is 18.5. The number of H-pyrrole nitrogens is 2. The Kier molecular flexibility index (Phi) is 5.56. The zero-order valence-corrected chi connectivity index (χ0v) is 18.5. The van der Waals surface area contributed by atoms with Gasteiger partial charge in [0.1, 0.15) is 11.5 Å². The number of rotatable bonds is 7. The first kappa shape index (κ1) is 21.1. The fourth-order valence-electron chi connectivity index (χ4n) is 4.15. The van der Waals surface area contributed by atoms with Crippen LogP contribution in [0.15, 0.2) is 30.5 Å². The van der Waals surface area contributed by atoms with Crippen LogP contribution in [-0.4, -0.2) is 76.4 Å². The van der Waals surface area contributed by atoms with Gasteiger partial charge in [-0.05, 0) is 70.9 Å². The first-order valence-corrected chi connectivity index (χ1v) is 10.4. The van der Waals surface area contributed by atoms with E-state index >= 15 is 0 Å². The molecule has 4 aromatic rings. The van der Waals surface area contributed by atoms with Crippen molar-refractivity contribution < 1.29 is 15.3 Å². The Morgan fingerprint density at radius 2 is 1.32 bits per heavy atom. The van der Waals surface area contributed by atoms with Gasteiger partial charge in [-0.2, -0.15) is 0 Å². The standard InChI is InChI=1S/C24H30N4O3/c1-27(2)11-9-14-13-25-18-7-5-15(22(29)20(14)18)16-6-8-19-21(23(16)30)17(24(31)26-19)10-12-28(3)4/h5-8,13,25-26,29-31H,9-12H2,1-4H3. The minimum absolute atomic E-state index is 0.0582. The first-order valence-electron chi connectivity index (χ1n) is 10.4. The van der Waals surface area contributed by atoms with Gasteiger partial charge in [-0.15, -0.1) is 0 Å².